The molecule has 8 heteroatoms. The van der Waals surface area contributed by atoms with Gasteiger partial charge in [0.15, 0.2) is 0 Å². The first-order valence-electron chi connectivity index (χ1n) is 9.23. The van der Waals surface area contributed by atoms with Gasteiger partial charge in [-0.2, -0.15) is 0 Å². The topological polar surface area (TPSA) is 78.9 Å². The van der Waals surface area contributed by atoms with E-state index >= 15 is 0 Å². The quantitative estimate of drug-likeness (QED) is 0.603. The SMILES string of the molecule is CCOC(=O)c1c(-c2ccccc2Cl)csc1NC(=O)CN(CCO)C1CC1. The van der Waals surface area contributed by atoms with E-state index in [9.17, 15) is 14.7 Å². The molecule has 0 saturated heterocycles. The van der Waals surface area contributed by atoms with E-state index in [1.807, 2.05) is 23.1 Å². The van der Waals surface area contributed by atoms with Crippen LogP contribution in [0.3, 0.4) is 0 Å². The Labute approximate surface area is 173 Å². The summed E-state index contributed by atoms with van der Waals surface area (Å²) in [7, 11) is 0. The number of ether oxygens (including phenoxy) is 1. The lowest BCUT2D eigenvalue weighted by molar-refractivity contribution is -0.117. The number of amides is 1. The summed E-state index contributed by atoms with van der Waals surface area (Å²) in [5.41, 5.74) is 1.66. The molecule has 1 fully saturated rings. The van der Waals surface area contributed by atoms with Crippen LogP contribution in [-0.2, 0) is 9.53 Å². The van der Waals surface area contributed by atoms with E-state index in [0.717, 1.165) is 12.8 Å². The molecule has 0 bridgehead atoms. The van der Waals surface area contributed by atoms with Crippen LogP contribution in [0, 0.1) is 0 Å². The van der Waals surface area contributed by atoms with E-state index in [1.54, 1.807) is 18.4 Å². The standard InChI is InChI=1S/C20H23ClN2O4S/c1-2-27-20(26)18-15(14-5-3-4-6-16(14)21)12-28-19(18)22-17(25)11-23(9-10-24)13-7-8-13/h3-6,12-13,24H,2,7-11H2,1H3,(H,22,25). The van der Waals surface area contributed by atoms with Crippen molar-refractivity contribution in [3.05, 3.63) is 40.2 Å². The van der Waals surface area contributed by atoms with Gasteiger partial charge in [0, 0.05) is 34.1 Å². The van der Waals surface area contributed by atoms with Gasteiger partial charge in [-0.15, -0.1) is 11.3 Å². The number of thiophene rings is 1. The van der Waals surface area contributed by atoms with Crippen molar-refractivity contribution < 1.29 is 19.4 Å². The summed E-state index contributed by atoms with van der Waals surface area (Å²) in [6, 6.07) is 7.59. The maximum Gasteiger partial charge on any atom is 0.341 e. The van der Waals surface area contributed by atoms with Crippen molar-refractivity contribution in [2.75, 3.05) is 31.6 Å². The lowest BCUT2D eigenvalue weighted by atomic mass is 10.0. The molecule has 2 aromatic rings. The number of hydrogen-bond donors (Lipinski definition) is 2. The average molecular weight is 423 g/mol. The second-order valence-electron chi connectivity index (χ2n) is 6.53. The smallest absolute Gasteiger partial charge is 0.341 e. The zero-order valence-corrected chi connectivity index (χ0v) is 17.2. The van der Waals surface area contributed by atoms with E-state index in [-0.39, 0.29) is 25.7 Å². The monoisotopic (exact) mass is 422 g/mol. The van der Waals surface area contributed by atoms with Gasteiger partial charge in [-0.25, -0.2) is 4.79 Å². The Morgan fingerprint density at radius 3 is 2.71 bits per heavy atom. The number of carbonyl (C=O) groups is 2. The molecule has 2 N–H and O–H groups in total. The Morgan fingerprint density at radius 1 is 1.32 bits per heavy atom. The third-order valence-electron chi connectivity index (χ3n) is 4.48. The maximum absolute atomic E-state index is 12.6. The van der Waals surface area contributed by atoms with Crippen molar-refractivity contribution in [2.24, 2.45) is 0 Å². The van der Waals surface area contributed by atoms with E-state index in [2.05, 4.69) is 5.32 Å². The van der Waals surface area contributed by atoms with Crippen molar-refractivity contribution in [1.29, 1.82) is 0 Å². The van der Waals surface area contributed by atoms with Crippen LogP contribution in [0.25, 0.3) is 11.1 Å². The van der Waals surface area contributed by atoms with Gasteiger partial charge in [0.25, 0.3) is 0 Å². The van der Waals surface area contributed by atoms with E-state index in [0.29, 0.717) is 39.3 Å². The fraction of sp³-hybridized carbons (Fsp3) is 0.400. The number of nitrogens with zero attached hydrogens (tertiary/aromatic N) is 1. The largest absolute Gasteiger partial charge is 0.462 e. The minimum absolute atomic E-state index is 0.00745. The number of rotatable bonds is 9. The molecule has 1 aliphatic rings. The van der Waals surface area contributed by atoms with Crippen LogP contribution in [0.5, 0.6) is 0 Å². The molecule has 3 rings (SSSR count). The Morgan fingerprint density at radius 2 is 2.07 bits per heavy atom. The second kappa shape index (κ2) is 9.52. The zero-order chi connectivity index (χ0) is 20.1. The van der Waals surface area contributed by atoms with Crippen molar-refractivity contribution >= 4 is 39.8 Å². The lowest BCUT2D eigenvalue weighted by Crippen LogP contribution is -2.36. The first-order valence-corrected chi connectivity index (χ1v) is 10.5. The van der Waals surface area contributed by atoms with Gasteiger partial charge in [-0.3, -0.25) is 9.69 Å². The number of halogens is 1. The summed E-state index contributed by atoms with van der Waals surface area (Å²) in [6.45, 7) is 2.61. The van der Waals surface area contributed by atoms with E-state index in [1.165, 1.54) is 11.3 Å². The third-order valence-corrected chi connectivity index (χ3v) is 5.71. The molecule has 1 heterocycles. The van der Waals surface area contributed by atoms with Crippen molar-refractivity contribution in [3.8, 4) is 11.1 Å². The average Bonchev–Trinajstić information content (AvgIpc) is 3.43. The van der Waals surface area contributed by atoms with Crippen molar-refractivity contribution in [2.45, 2.75) is 25.8 Å². The van der Waals surface area contributed by atoms with E-state index in [4.69, 9.17) is 16.3 Å². The Kier molecular flexibility index (Phi) is 7.07. The van der Waals surface area contributed by atoms with Crippen LogP contribution in [0.2, 0.25) is 5.02 Å². The molecular weight excluding hydrogens is 400 g/mol. The van der Waals surface area contributed by atoms with Gasteiger partial charge in [0.05, 0.1) is 19.8 Å². The van der Waals surface area contributed by atoms with Gasteiger partial charge < -0.3 is 15.2 Å². The van der Waals surface area contributed by atoms with Gasteiger partial charge in [0.1, 0.15) is 10.6 Å². The summed E-state index contributed by atoms with van der Waals surface area (Å²) >= 11 is 7.58. The molecule has 1 aromatic carbocycles. The highest BCUT2D eigenvalue weighted by Crippen LogP contribution is 2.39. The predicted octanol–water partition coefficient (Wildman–Crippen LogP) is 3.64. The number of benzene rings is 1. The number of hydrogen-bond acceptors (Lipinski definition) is 6. The molecule has 0 spiro atoms. The molecule has 1 saturated carbocycles. The number of anilines is 1. The maximum atomic E-state index is 12.6. The van der Waals surface area contributed by atoms with Gasteiger partial charge in [-0.1, -0.05) is 29.8 Å². The Balaban J connectivity index is 1.85. The van der Waals surface area contributed by atoms with Gasteiger partial charge in [-0.05, 0) is 25.8 Å². The fourth-order valence-corrected chi connectivity index (χ4v) is 4.25. The summed E-state index contributed by atoms with van der Waals surface area (Å²) in [4.78, 5) is 27.1. The third kappa shape index (κ3) is 4.91. The first-order chi connectivity index (χ1) is 13.5. The summed E-state index contributed by atoms with van der Waals surface area (Å²) < 4.78 is 5.21. The molecule has 1 aromatic heterocycles. The van der Waals surface area contributed by atoms with Crippen LogP contribution in [0.15, 0.2) is 29.6 Å². The summed E-state index contributed by atoms with van der Waals surface area (Å²) in [6.07, 6.45) is 2.08. The number of carbonyl (C=O) groups excluding carboxylic acids is 2. The fourth-order valence-electron chi connectivity index (χ4n) is 3.04. The predicted molar refractivity (Wildman–Crippen MR) is 111 cm³/mol. The normalized spacial score (nSPS) is 13.6. The lowest BCUT2D eigenvalue weighted by Gasteiger charge is -2.20. The molecule has 0 aliphatic heterocycles. The molecule has 0 atom stereocenters. The van der Waals surface area contributed by atoms with Crippen LogP contribution in [-0.4, -0.2) is 54.2 Å². The molecule has 6 nitrogen and oxygen atoms in total. The number of esters is 1. The Hall–Kier alpha value is -1.93. The summed E-state index contributed by atoms with van der Waals surface area (Å²) in [5, 5.41) is 14.8. The van der Waals surface area contributed by atoms with Crippen LogP contribution in [0.1, 0.15) is 30.1 Å². The van der Waals surface area contributed by atoms with Crippen molar-refractivity contribution in [1.82, 2.24) is 4.90 Å². The molecule has 150 valence electrons. The highest BCUT2D eigenvalue weighted by Gasteiger charge is 2.30. The summed E-state index contributed by atoms with van der Waals surface area (Å²) in [5.74, 6) is -0.721. The molecule has 1 aliphatic carbocycles. The minimum Gasteiger partial charge on any atom is -0.462 e. The Bertz CT molecular complexity index is 850. The highest BCUT2D eigenvalue weighted by atomic mass is 35.5. The second-order valence-corrected chi connectivity index (χ2v) is 7.81. The van der Waals surface area contributed by atoms with E-state index < -0.39 is 5.97 Å². The molecule has 0 unspecified atom stereocenters. The van der Waals surface area contributed by atoms with Crippen LogP contribution >= 0.6 is 22.9 Å². The van der Waals surface area contributed by atoms with Crippen molar-refractivity contribution in [3.63, 3.8) is 0 Å². The molecule has 28 heavy (non-hydrogen) atoms. The zero-order valence-electron chi connectivity index (χ0n) is 15.6. The molecule has 0 radical (unpaired) electrons. The van der Waals surface area contributed by atoms with Gasteiger partial charge in [0.2, 0.25) is 5.91 Å². The molecular formula is C20H23ClN2O4S. The number of nitrogens with one attached hydrogen (secondary N) is 1. The highest BCUT2D eigenvalue weighted by molar-refractivity contribution is 7.15. The molecule has 1 amide bonds. The van der Waals surface area contributed by atoms with Crippen LogP contribution in [0.4, 0.5) is 5.00 Å². The van der Waals surface area contributed by atoms with Gasteiger partial charge >= 0.3 is 5.97 Å². The minimum atomic E-state index is -0.497. The number of aliphatic hydroxyl groups is 1. The number of aliphatic hydroxyl groups excluding tert-OH is 1. The first kappa shape index (κ1) is 20.8. The van der Waals surface area contributed by atoms with Crippen LogP contribution < -0.4 is 5.32 Å².